The molecule has 7 nitrogen and oxygen atoms in total. The Bertz CT molecular complexity index is 768. The molecule has 0 bridgehead atoms. The van der Waals surface area contributed by atoms with Crippen LogP contribution in [-0.2, 0) is 0 Å². The molecule has 1 amide bonds. The lowest BCUT2D eigenvalue weighted by Crippen LogP contribution is -2.39. The summed E-state index contributed by atoms with van der Waals surface area (Å²) in [4.78, 5) is 22.6. The Morgan fingerprint density at radius 3 is 2.76 bits per heavy atom. The number of non-ortho nitro benzene ring substituents is 1. The van der Waals surface area contributed by atoms with Crippen molar-refractivity contribution in [2.45, 2.75) is 6.42 Å². The Morgan fingerprint density at radius 1 is 1.32 bits per heavy atom. The minimum atomic E-state index is -0.495. The predicted octanol–water partition coefficient (Wildman–Crippen LogP) is 3.42. The topological polar surface area (TPSA) is 96.3 Å². The first-order valence-electron chi connectivity index (χ1n) is 7.28. The molecule has 0 aliphatic carbocycles. The number of nitrogens with one attached hydrogen (secondary N) is 3. The molecule has 0 atom stereocenters. The fraction of sp³-hybridized carbons (Fsp3) is 0.200. The van der Waals surface area contributed by atoms with E-state index < -0.39 is 4.92 Å². The molecule has 0 fully saturated rings. The molecule has 0 aliphatic heterocycles. The number of nitro benzene ring substituents is 1. The first kappa shape index (κ1) is 19.1. The Morgan fingerprint density at radius 2 is 2.12 bits per heavy atom. The maximum absolute atomic E-state index is 11.8. The second kappa shape index (κ2) is 9.30. The van der Waals surface area contributed by atoms with Crippen molar-refractivity contribution in [2.24, 2.45) is 0 Å². The van der Waals surface area contributed by atoms with Crippen LogP contribution in [0.4, 0.5) is 11.4 Å². The van der Waals surface area contributed by atoms with E-state index >= 15 is 0 Å². The fourth-order valence-electron chi connectivity index (χ4n) is 1.89. The van der Waals surface area contributed by atoms with E-state index in [-0.39, 0.29) is 16.7 Å². The molecular weight excluding hydrogens is 384 g/mol. The summed E-state index contributed by atoms with van der Waals surface area (Å²) in [6, 6.07) is 7.78. The van der Waals surface area contributed by atoms with Crippen LogP contribution in [0.1, 0.15) is 16.1 Å². The molecule has 2 aromatic rings. The van der Waals surface area contributed by atoms with E-state index in [0.29, 0.717) is 35.1 Å². The lowest BCUT2D eigenvalue weighted by atomic mass is 10.2. The monoisotopic (exact) mass is 398 g/mol. The van der Waals surface area contributed by atoms with Crippen LogP contribution in [0.3, 0.4) is 0 Å². The van der Waals surface area contributed by atoms with Crippen LogP contribution in [0.15, 0.2) is 35.7 Å². The van der Waals surface area contributed by atoms with Gasteiger partial charge in [0.1, 0.15) is 0 Å². The van der Waals surface area contributed by atoms with Crippen molar-refractivity contribution < 1.29 is 9.72 Å². The largest absolute Gasteiger partial charge is 0.384 e. The van der Waals surface area contributed by atoms with Crippen LogP contribution in [0.2, 0.25) is 5.02 Å². The zero-order chi connectivity index (χ0) is 18.2. The number of amides is 1. The van der Waals surface area contributed by atoms with Gasteiger partial charge in [0.2, 0.25) is 0 Å². The Balaban J connectivity index is 1.67. The highest BCUT2D eigenvalue weighted by atomic mass is 35.5. The third-order valence-electron chi connectivity index (χ3n) is 3.09. The van der Waals surface area contributed by atoms with Gasteiger partial charge in [0, 0.05) is 25.2 Å². The molecule has 1 aromatic heterocycles. The Hall–Kier alpha value is -2.23. The quantitative estimate of drug-likeness (QED) is 0.286. The van der Waals surface area contributed by atoms with Crippen LogP contribution < -0.4 is 16.0 Å². The maximum Gasteiger partial charge on any atom is 0.271 e. The lowest BCUT2D eigenvalue weighted by Gasteiger charge is -2.10. The summed E-state index contributed by atoms with van der Waals surface area (Å²) in [5.41, 5.74) is 0.574. The molecule has 1 aromatic carbocycles. The van der Waals surface area contributed by atoms with E-state index in [0.717, 1.165) is 0 Å². The Labute approximate surface area is 158 Å². The first-order valence-corrected chi connectivity index (χ1v) is 8.94. The van der Waals surface area contributed by atoms with Crippen LogP contribution in [-0.4, -0.2) is 29.0 Å². The number of nitrogens with zero attached hydrogens (tertiary/aromatic N) is 1. The van der Waals surface area contributed by atoms with Crippen LogP contribution >= 0.6 is 35.2 Å². The average molecular weight is 399 g/mol. The molecule has 0 saturated carbocycles. The van der Waals surface area contributed by atoms with Crippen molar-refractivity contribution in [3.05, 3.63) is 55.7 Å². The molecule has 3 N–H and O–H groups in total. The minimum Gasteiger partial charge on any atom is -0.384 e. The molecule has 0 saturated heterocycles. The van der Waals surface area contributed by atoms with Gasteiger partial charge in [0.05, 0.1) is 20.5 Å². The summed E-state index contributed by atoms with van der Waals surface area (Å²) < 4.78 is 0. The number of hydrogen-bond acceptors (Lipinski definition) is 6. The second-order valence-corrected chi connectivity index (χ2v) is 6.65. The van der Waals surface area contributed by atoms with E-state index in [1.807, 2.05) is 5.38 Å². The molecule has 25 heavy (non-hydrogen) atoms. The fourth-order valence-corrected chi connectivity index (χ4v) is 2.95. The van der Waals surface area contributed by atoms with Gasteiger partial charge in [-0.3, -0.25) is 20.2 Å². The van der Waals surface area contributed by atoms with E-state index in [1.54, 1.807) is 18.2 Å². The molecule has 0 radical (unpaired) electrons. The van der Waals surface area contributed by atoms with E-state index in [9.17, 15) is 14.9 Å². The molecular formula is C15H15ClN4O3S2. The van der Waals surface area contributed by atoms with Crippen LogP contribution in [0.5, 0.6) is 0 Å². The number of halogens is 1. The second-order valence-electron chi connectivity index (χ2n) is 4.89. The van der Waals surface area contributed by atoms with Gasteiger partial charge in [0.15, 0.2) is 5.11 Å². The molecule has 0 spiro atoms. The predicted molar refractivity (Wildman–Crippen MR) is 104 cm³/mol. The highest BCUT2D eigenvalue weighted by molar-refractivity contribution is 7.80. The number of hydrogen-bond donors (Lipinski definition) is 3. The summed E-state index contributed by atoms with van der Waals surface area (Å²) in [7, 11) is 0. The minimum absolute atomic E-state index is 0.0518. The molecule has 2 rings (SSSR count). The Kier molecular flexibility index (Phi) is 7.11. The van der Waals surface area contributed by atoms with E-state index in [1.165, 1.54) is 23.5 Å². The molecule has 1 heterocycles. The number of nitro groups is 1. The van der Waals surface area contributed by atoms with Gasteiger partial charge in [-0.15, -0.1) is 11.3 Å². The summed E-state index contributed by atoms with van der Waals surface area (Å²) in [6.07, 6.45) is 0.711. The van der Waals surface area contributed by atoms with Crippen molar-refractivity contribution in [2.75, 3.05) is 18.4 Å². The normalized spacial score (nSPS) is 10.1. The van der Waals surface area contributed by atoms with Gasteiger partial charge in [-0.25, -0.2) is 0 Å². The highest BCUT2D eigenvalue weighted by Crippen LogP contribution is 2.26. The van der Waals surface area contributed by atoms with E-state index in [4.69, 9.17) is 23.8 Å². The summed E-state index contributed by atoms with van der Waals surface area (Å²) in [6.45, 7) is 1.15. The highest BCUT2D eigenvalue weighted by Gasteiger charge is 2.09. The average Bonchev–Trinajstić information content (AvgIpc) is 3.10. The lowest BCUT2D eigenvalue weighted by molar-refractivity contribution is -0.384. The maximum atomic E-state index is 11.8. The van der Waals surface area contributed by atoms with Gasteiger partial charge in [-0.2, -0.15) is 0 Å². The standard InChI is InChI=1S/C15H15ClN4O3S2/c16-11-9-10(20(22)23)4-5-12(11)17-6-2-7-18-15(24)19-14(21)13-3-1-8-25-13/h1,3-5,8-9,17H,2,6-7H2,(H2,18,19,21,24). The van der Waals surface area contributed by atoms with Gasteiger partial charge in [-0.05, 0) is 36.2 Å². The van der Waals surface area contributed by atoms with Gasteiger partial charge in [-0.1, -0.05) is 17.7 Å². The molecule has 0 unspecified atom stereocenters. The van der Waals surface area contributed by atoms with Crippen LogP contribution in [0.25, 0.3) is 0 Å². The number of rotatable bonds is 7. The number of anilines is 1. The first-order chi connectivity index (χ1) is 12.0. The van der Waals surface area contributed by atoms with Crippen molar-refractivity contribution in [3.8, 4) is 0 Å². The number of thiophene rings is 1. The van der Waals surface area contributed by atoms with E-state index in [2.05, 4.69) is 16.0 Å². The van der Waals surface area contributed by atoms with Crippen molar-refractivity contribution in [1.82, 2.24) is 10.6 Å². The van der Waals surface area contributed by atoms with Gasteiger partial charge < -0.3 is 10.6 Å². The SMILES string of the molecule is O=C(NC(=S)NCCCNc1ccc([N+](=O)[O-])cc1Cl)c1cccs1. The summed E-state index contributed by atoms with van der Waals surface area (Å²) >= 11 is 12.4. The van der Waals surface area contributed by atoms with Crippen molar-refractivity contribution in [1.29, 1.82) is 0 Å². The van der Waals surface area contributed by atoms with Gasteiger partial charge >= 0.3 is 0 Å². The van der Waals surface area contributed by atoms with Crippen molar-refractivity contribution in [3.63, 3.8) is 0 Å². The number of carbonyl (C=O) groups is 1. The zero-order valence-electron chi connectivity index (χ0n) is 13.0. The molecule has 0 aliphatic rings. The van der Waals surface area contributed by atoms with Gasteiger partial charge in [0.25, 0.3) is 11.6 Å². The number of benzene rings is 1. The summed E-state index contributed by atoms with van der Waals surface area (Å²) in [5.74, 6) is -0.233. The summed E-state index contributed by atoms with van der Waals surface area (Å²) in [5, 5.41) is 21.7. The third-order valence-corrected chi connectivity index (χ3v) is 4.52. The smallest absolute Gasteiger partial charge is 0.271 e. The molecule has 132 valence electrons. The third kappa shape index (κ3) is 5.96. The number of thiocarbonyl (C=S) groups is 1. The zero-order valence-corrected chi connectivity index (χ0v) is 15.3. The number of carbonyl (C=O) groups excluding carboxylic acids is 1. The van der Waals surface area contributed by atoms with Crippen molar-refractivity contribution >= 4 is 57.5 Å². The van der Waals surface area contributed by atoms with Crippen LogP contribution in [0, 0.1) is 10.1 Å². The molecule has 10 heteroatoms.